The van der Waals surface area contributed by atoms with Crippen LogP contribution in [-0.4, -0.2) is 30.9 Å². The largest absolute Gasteiger partial charge is 0.512 e. The van der Waals surface area contributed by atoms with Gasteiger partial charge in [0.2, 0.25) is 0 Å². The Morgan fingerprint density at radius 1 is 1.67 bits per heavy atom. The zero-order chi connectivity index (χ0) is 9.56. The summed E-state index contributed by atoms with van der Waals surface area (Å²) in [6.07, 6.45) is 1.27. The lowest BCUT2D eigenvalue weighted by Gasteiger charge is -2.01. The number of aliphatic hydroxyl groups is 1. The van der Waals surface area contributed by atoms with Gasteiger partial charge in [0.25, 0.3) is 0 Å². The maximum atomic E-state index is 11.0. The monoisotopic (exact) mass is 171 g/mol. The number of ether oxygens (including phenoxy) is 1. The summed E-state index contributed by atoms with van der Waals surface area (Å²) < 4.78 is 4.67. The number of nitrogens with zero attached hydrogens (tertiary/aromatic N) is 1. The van der Waals surface area contributed by atoms with Crippen molar-refractivity contribution in [2.75, 3.05) is 13.7 Å². The molecule has 4 heteroatoms. The molecule has 0 aromatic heterocycles. The van der Waals surface area contributed by atoms with Crippen molar-refractivity contribution in [3.05, 3.63) is 11.3 Å². The quantitative estimate of drug-likeness (QED) is 0.299. The molecule has 0 amide bonds. The van der Waals surface area contributed by atoms with Gasteiger partial charge in [-0.2, -0.15) is 0 Å². The summed E-state index contributed by atoms with van der Waals surface area (Å²) in [7, 11) is 1.52. The fourth-order valence-electron chi connectivity index (χ4n) is 0.632. The van der Waals surface area contributed by atoms with E-state index in [4.69, 9.17) is 5.11 Å². The fourth-order valence-corrected chi connectivity index (χ4v) is 0.632. The van der Waals surface area contributed by atoms with Gasteiger partial charge in [-0.1, -0.05) is 0 Å². The summed E-state index contributed by atoms with van der Waals surface area (Å²) in [4.78, 5) is 14.7. The van der Waals surface area contributed by atoms with Gasteiger partial charge in [-0.3, -0.25) is 4.99 Å². The van der Waals surface area contributed by atoms with Crippen LogP contribution < -0.4 is 0 Å². The van der Waals surface area contributed by atoms with E-state index in [9.17, 15) is 4.79 Å². The molecule has 68 valence electrons. The number of aliphatic hydroxyl groups excluding tert-OH is 1. The third-order valence-electron chi connectivity index (χ3n) is 1.14. The zero-order valence-electron chi connectivity index (χ0n) is 7.50. The molecule has 12 heavy (non-hydrogen) atoms. The molecule has 0 rings (SSSR count). The van der Waals surface area contributed by atoms with Gasteiger partial charge in [0.05, 0.1) is 6.61 Å². The molecule has 0 fully saturated rings. The molecule has 0 atom stereocenters. The van der Waals surface area contributed by atoms with E-state index >= 15 is 0 Å². The van der Waals surface area contributed by atoms with Gasteiger partial charge in [0, 0.05) is 13.3 Å². The third kappa shape index (κ3) is 3.18. The minimum atomic E-state index is -0.553. The van der Waals surface area contributed by atoms with E-state index in [-0.39, 0.29) is 17.9 Å². The van der Waals surface area contributed by atoms with E-state index in [0.29, 0.717) is 0 Å². The van der Waals surface area contributed by atoms with E-state index < -0.39 is 5.97 Å². The first-order valence-electron chi connectivity index (χ1n) is 3.62. The lowest BCUT2D eigenvalue weighted by Crippen LogP contribution is -2.10. The number of aliphatic imine (C=N–C) groups is 1. The van der Waals surface area contributed by atoms with Crippen LogP contribution in [0.4, 0.5) is 0 Å². The molecule has 4 nitrogen and oxygen atoms in total. The standard InChI is InChI=1S/C8H13NO3/c1-4-12-8(11)7(5-9-3)6(2)10/h5,10H,4H2,1-3H3. The van der Waals surface area contributed by atoms with Crippen LogP contribution in [0.15, 0.2) is 16.3 Å². The number of carbonyl (C=O) groups is 1. The van der Waals surface area contributed by atoms with Crippen LogP contribution in [0, 0.1) is 0 Å². The van der Waals surface area contributed by atoms with E-state index in [2.05, 4.69) is 9.73 Å². The van der Waals surface area contributed by atoms with Gasteiger partial charge < -0.3 is 9.84 Å². The third-order valence-corrected chi connectivity index (χ3v) is 1.14. The van der Waals surface area contributed by atoms with E-state index in [1.54, 1.807) is 6.92 Å². The van der Waals surface area contributed by atoms with Crippen LogP contribution in [-0.2, 0) is 9.53 Å². The van der Waals surface area contributed by atoms with Crippen molar-refractivity contribution >= 4 is 12.2 Å². The number of carbonyl (C=O) groups excluding carboxylic acids is 1. The number of hydrogen-bond donors (Lipinski definition) is 1. The Balaban J connectivity index is 4.54. The second-order valence-corrected chi connectivity index (χ2v) is 2.11. The number of esters is 1. The van der Waals surface area contributed by atoms with Gasteiger partial charge in [-0.25, -0.2) is 4.79 Å². The molecule has 0 aliphatic carbocycles. The second kappa shape index (κ2) is 5.35. The smallest absolute Gasteiger partial charge is 0.343 e. The lowest BCUT2D eigenvalue weighted by molar-refractivity contribution is -0.138. The van der Waals surface area contributed by atoms with Crippen LogP contribution in [0.25, 0.3) is 0 Å². The summed E-state index contributed by atoms with van der Waals surface area (Å²) in [5, 5.41) is 9.03. The van der Waals surface area contributed by atoms with Crippen molar-refractivity contribution < 1.29 is 14.6 Å². The summed E-state index contributed by atoms with van der Waals surface area (Å²) in [6, 6.07) is 0. The molecule has 1 N–H and O–H groups in total. The zero-order valence-corrected chi connectivity index (χ0v) is 7.50. The molecule has 0 radical (unpaired) electrons. The van der Waals surface area contributed by atoms with Crippen molar-refractivity contribution in [2.24, 2.45) is 4.99 Å². The Kier molecular flexibility index (Phi) is 4.76. The fraction of sp³-hybridized carbons (Fsp3) is 0.500. The normalized spacial score (nSPS) is 12.9. The van der Waals surface area contributed by atoms with E-state index in [1.807, 2.05) is 0 Å². The molecular formula is C8H13NO3. The molecule has 0 saturated heterocycles. The molecule has 0 spiro atoms. The van der Waals surface area contributed by atoms with Crippen LogP contribution in [0.3, 0.4) is 0 Å². The molecule has 0 heterocycles. The number of allylic oxidation sites excluding steroid dienone is 1. The first-order valence-corrected chi connectivity index (χ1v) is 3.62. The molecule has 0 bridgehead atoms. The first kappa shape index (κ1) is 10.7. The van der Waals surface area contributed by atoms with E-state index in [0.717, 1.165) is 0 Å². The van der Waals surface area contributed by atoms with Crippen molar-refractivity contribution in [2.45, 2.75) is 13.8 Å². The molecule has 0 aliphatic heterocycles. The summed E-state index contributed by atoms with van der Waals surface area (Å²) in [6.45, 7) is 3.40. The maximum Gasteiger partial charge on any atom is 0.343 e. The van der Waals surface area contributed by atoms with Crippen LogP contribution >= 0.6 is 0 Å². The Morgan fingerprint density at radius 3 is 2.58 bits per heavy atom. The Bertz CT molecular complexity index is 214. The molecule has 0 aromatic rings. The maximum absolute atomic E-state index is 11.0. The summed E-state index contributed by atoms with van der Waals surface area (Å²) >= 11 is 0. The SMILES string of the molecule is CCOC(=O)C(C=NC)=C(C)O. The van der Waals surface area contributed by atoms with Crippen LogP contribution in [0.1, 0.15) is 13.8 Å². The highest BCUT2D eigenvalue weighted by Gasteiger charge is 2.10. The van der Waals surface area contributed by atoms with Crippen LogP contribution in [0.2, 0.25) is 0 Å². The molecule has 0 saturated carbocycles. The summed E-state index contributed by atoms with van der Waals surface area (Å²) in [5.41, 5.74) is 0.0966. The van der Waals surface area contributed by atoms with Crippen molar-refractivity contribution in [1.82, 2.24) is 0 Å². The molecule has 0 aliphatic rings. The molecule has 0 aromatic carbocycles. The van der Waals surface area contributed by atoms with Crippen molar-refractivity contribution in [3.8, 4) is 0 Å². The highest BCUT2D eigenvalue weighted by atomic mass is 16.5. The highest BCUT2D eigenvalue weighted by Crippen LogP contribution is 2.00. The van der Waals surface area contributed by atoms with Gasteiger partial charge >= 0.3 is 5.97 Å². The van der Waals surface area contributed by atoms with Gasteiger partial charge in [0.1, 0.15) is 11.3 Å². The summed E-state index contributed by atoms with van der Waals surface area (Å²) in [5.74, 6) is -0.637. The lowest BCUT2D eigenvalue weighted by atomic mass is 10.2. The Hall–Kier alpha value is -1.32. The molecular weight excluding hydrogens is 158 g/mol. The van der Waals surface area contributed by atoms with Crippen LogP contribution in [0.5, 0.6) is 0 Å². The topological polar surface area (TPSA) is 58.9 Å². The first-order chi connectivity index (χ1) is 5.63. The van der Waals surface area contributed by atoms with Crippen molar-refractivity contribution in [1.29, 1.82) is 0 Å². The minimum absolute atomic E-state index is 0.0842. The molecule has 0 unspecified atom stereocenters. The number of rotatable bonds is 3. The minimum Gasteiger partial charge on any atom is -0.512 e. The average Bonchev–Trinajstić information content (AvgIpc) is 1.99. The second-order valence-electron chi connectivity index (χ2n) is 2.11. The van der Waals surface area contributed by atoms with Gasteiger partial charge in [-0.15, -0.1) is 0 Å². The van der Waals surface area contributed by atoms with Gasteiger partial charge in [0.15, 0.2) is 0 Å². The highest BCUT2D eigenvalue weighted by molar-refractivity contribution is 6.09. The Morgan fingerprint density at radius 2 is 2.25 bits per heavy atom. The average molecular weight is 171 g/mol. The predicted molar refractivity (Wildman–Crippen MR) is 46.4 cm³/mol. The Labute approximate surface area is 71.6 Å². The van der Waals surface area contributed by atoms with Crippen molar-refractivity contribution in [3.63, 3.8) is 0 Å². The van der Waals surface area contributed by atoms with E-state index in [1.165, 1.54) is 20.2 Å². The predicted octanol–water partition coefficient (Wildman–Crippen LogP) is 1.08. The number of hydrogen-bond acceptors (Lipinski definition) is 4. The van der Waals surface area contributed by atoms with Gasteiger partial charge in [-0.05, 0) is 13.8 Å².